The third-order valence-corrected chi connectivity index (χ3v) is 2.65. The van der Waals surface area contributed by atoms with Gasteiger partial charge in [-0.05, 0) is 18.2 Å². The lowest BCUT2D eigenvalue weighted by atomic mass is 10.2. The summed E-state index contributed by atoms with van der Waals surface area (Å²) in [5.41, 5.74) is 1.39. The number of hydrogen-bond acceptors (Lipinski definition) is 3. The molecule has 1 aromatic heterocycles. The summed E-state index contributed by atoms with van der Waals surface area (Å²) in [4.78, 5) is 7.16. The first-order valence-electron chi connectivity index (χ1n) is 5.21. The third-order valence-electron chi connectivity index (χ3n) is 2.34. The first kappa shape index (κ1) is 11.5. The molecule has 0 amide bonds. The zero-order valence-corrected chi connectivity index (χ0v) is 9.83. The van der Waals surface area contributed by atoms with Crippen LogP contribution in [-0.2, 0) is 6.42 Å². The van der Waals surface area contributed by atoms with Crippen LogP contribution in [0.1, 0.15) is 11.4 Å². The Morgan fingerprint density at radius 1 is 1.47 bits per heavy atom. The van der Waals surface area contributed by atoms with Crippen molar-refractivity contribution < 1.29 is 0 Å². The first-order chi connectivity index (χ1) is 8.29. The van der Waals surface area contributed by atoms with Gasteiger partial charge in [-0.3, -0.25) is 0 Å². The van der Waals surface area contributed by atoms with Gasteiger partial charge in [0.15, 0.2) is 0 Å². The average molecular weight is 247 g/mol. The second kappa shape index (κ2) is 5.37. The molecular weight excluding hydrogens is 236 g/mol. The number of nitriles is 1. The maximum Gasteiger partial charge on any atom is 0.107 e. The number of hydrogen-bond donors (Lipinski definition) is 2. The minimum atomic E-state index is 0.468. The quantitative estimate of drug-likeness (QED) is 0.872. The highest BCUT2D eigenvalue weighted by molar-refractivity contribution is 6.32. The Kier molecular flexibility index (Phi) is 3.63. The minimum Gasteiger partial charge on any atom is -0.385 e. The van der Waals surface area contributed by atoms with Crippen LogP contribution in [0.25, 0.3) is 0 Å². The van der Waals surface area contributed by atoms with Crippen molar-refractivity contribution in [3.05, 3.63) is 47.0 Å². The summed E-state index contributed by atoms with van der Waals surface area (Å²) in [6.45, 7) is 0.760. The Labute approximate surface area is 104 Å². The van der Waals surface area contributed by atoms with Gasteiger partial charge in [0.1, 0.15) is 11.9 Å². The van der Waals surface area contributed by atoms with E-state index in [0.717, 1.165) is 24.5 Å². The van der Waals surface area contributed by atoms with Crippen LogP contribution in [0.3, 0.4) is 0 Å². The van der Waals surface area contributed by atoms with Crippen molar-refractivity contribution in [1.82, 2.24) is 9.97 Å². The fraction of sp³-hybridized carbons (Fsp3) is 0.167. The van der Waals surface area contributed by atoms with Gasteiger partial charge in [0.2, 0.25) is 0 Å². The molecule has 0 fully saturated rings. The van der Waals surface area contributed by atoms with Gasteiger partial charge in [0.05, 0.1) is 10.6 Å². The van der Waals surface area contributed by atoms with Gasteiger partial charge in [0.25, 0.3) is 0 Å². The van der Waals surface area contributed by atoms with Crippen LogP contribution in [-0.4, -0.2) is 16.5 Å². The highest BCUT2D eigenvalue weighted by Gasteiger charge is 2.01. The largest absolute Gasteiger partial charge is 0.385 e. The Morgan fingerprint density at radius 3 is 3.00 bits per heavy atom. The summed E-state index contributed by atoms with van der Waals surface area (Å²) in [7, 11) is 0. The second-order valence-electron chi connectivity index (χ2n) is 3.52. The summed E-state index contributed by atoms with van der Waals surface area (Å²) in [6.07, 6.45) is 4.34. The van der Waals surface area contributed by atoms with E-state index in [-0.39, 0.29) is 0 Å². The molecular formula is C12H11ClN4. The summed E-state index contributed by atoms with van der Waals surface area (Å²) < 4.78 is 0. The van der Waals surface area contributed by atoms with Gasteiger partial charge < -0.3 is 10.3 Å². The van der Waals surface area contributed by atoms with Crippen molar-refractivity contribution in [1.29, 1.82) is 5.26 Å². The van der Waals surface area contributed by atoms with Crippen molar-refractivity contribution in [3.63, 3.8) is 0 Å². The van der Waals surface area contributed by atoms with Crippen molar-refractivity contribution in [2.45, 2.75) is 6.42 Å². The van der Waals surface area contributed by atoms with Crippen LogP contribution < -0.4 is 5.32 Å². The second-order valence-corrected chi connectivity index (χ2v) is 3.93. The van der Waals surface area contributed by atoms with Crippen LogP contribution in [0.15, 0.2) is 30.6 Å². The molecule has 0 spiro atoms. The monoisotopic (exact) mass is 246 g/mol. The number of nitrogens with one attached hydrogen (secondary N) is 2. The van der Waals surface area contributed by atoms with E-state index in [2.05, 4.69) is 15.3 Å². The lowest BCUT2D eigenvalue weighted by Gasteiger charge is -2.06. The summed E-state index contributed by atoms with van der Waals surface area (Å²) in [6, 6.07) is 7.32. The van der Waals surface area contributed by atoms with Crippen molar-refractivity contribution in [3.8, 4) is 6.07 Å². The molecule has 0 radical (unpaired) electrons. The van der Waals surface area contributed by atoms with Gasteiger partial charge in [-0.25, -0.2) is 4.98 Å². The summed E-state index contributed by atoms with van der Waals surface area (Å²) >= 11 is 5.93. The molecule has 86 valence electrons. The van der Waals surface area contributed by atoms with E-state index in [9.17, 15) is 0 Å². The zero-order chi connectivity index (χ0) is 12.1. The highest BCUT2D eigenvalue weighted by atomic mass is 35.5. The van der Waals surface area contributed by atoms with E-state index < -0.39 is 0 Å². The summed E-state index contributed by atoms with van der Waals surface area (Å²) in [5.74, 6) is 0.942. The lowest BCUT2D eigenvalue weighted by molar-refractivity contribution is 0.927. The van der Waals surface area contributed by atoms with E-state index in [1.807, 2.05) is 12.1 Å². The Bertz CT molecular complexity index is 528. The van der Waals surface area contributed by atoms with Crippen LogP contribution in [0, 0.1) is 11.3 Å². The topological polar surface area (TPSA) is 64.5 Å². The molecule has 0 bridgehead atoms. The van der Waals surface area contributed by atoms with E-state index in [0.29, 0.717) is 10.6 Å². The minimum absolute atomic E-state index is 0.468. The molecule has 0 aliphatic rings. The normalized spacial score (nSPS) is 9.88. The highest BCUT2D eigenvalue weighted by Crippen LogP contribution is 2.19. The predicted molar refractivity (Wildman–Crippen MR) is 66.9 cm³/mol. The number of rotatable bonds is 4. The lowest BCUT2D eigenvalue weighted by Crippen LogP contribution is -2.05. The molecule has 0 saturated carbocycles. The number of halogens is 1. The zero-order valence-electron chi connectivity index (χ0n) is 9.07. The van der Waals surface area contributed by atoms with Crippen LogP contribution in [0.2, 0.25) is 5.02 Å². The molecule has 2 N–H and O–H groups in total. The molecule has 0 atom stereocenters. The molecule has 4 nitrogen and oxygen atoms in total. The van der Waals surface area contributed by atoms with Crippen molar-refractivity contribution in [2.24, 2.45) is 0 Å². The molecule has 0 saturated heterocycles. The number of imidazole rings is 1. The number of aromatic amines is 1. The molecule has 2 aromatic rings. The number of H-pyrrole nitrogens is 1. The average Bonchev–Trinajstić information content (AvgIpc) is 2.82. The fourth-order valence-electron chi connectivity index (χ4n) is 1.48. The van der Waals surface area contributed by atoms with Gasteiger partial charge in [-0.15, -0.1) is 0 Å². The smallest absolute Gasteiger partial charge is 0.107 e. The molecule has 1 aromatic carbocycles. The van der Waals surface area contributed by atoms with Gasteiger partial charge in [-0.1, -0.05) is 11.6 Å². The van der Waals surface area contributed by atoms with Crippen LogP contribution >= 0.6 is 11.6 Å². The number of nitrogens with zero attached hydrogens (tertiary/aromatic N) is 2. The number of benzene rings is 1. The predicted octanol–water partition coefficient (Wildman–Crippen LogP) is 2.59. The maximum atomic E-state index is 8.74. The van der Waals surface area contributed by atoms with Crippen molar-refractivity contribution in [2.75, 3.05) is 11.9 Å². The molecule has 0 aliphatic carbocycles. The fourth-order valence-corrected chi connectivity index (χ4v) is 1.70. The standard InChI is InChI=1S/C12H11ClN4/c13-11-7-10(2-1-9(11)8-14)15-4-3-12-16-5-6-17-12/h1-2,5-7,15H,3-4H2,(H,16,17). The van der Waals surface area contributed by atoms with Crippen molar-refractivity contribution >= 4 is 17.3 Å². The summed E-state index contributed by atoms with van der Waals surface area (Å²) in [5, 5.41) is 12.4. The van der Waals surface area contributed by atoms with E-state index in [1.165, 1.54) is 0 Å². The van der Waals surface area contributed by atoms with Crippen LogP contribution in [0.4, 0.5) is 5.69 Å². The third kappa shape index (κ3) is 2.99. The molecule has 5 heteroatoms. The van der Waals surface area contributed by atoms with Gasteiger partial charge in [0, 0.05) is 31.0 Å². The van der Waals surface area contributed by atoms with Gasteiger partial charge >= 0.3 is 0 Å². The van der Waals surface area contributed by atoms with Crippen LogP contribution in [0.5, 0.6) is 0 Å². The molecule has 0 unspecified atom stereocenters. The first-order valence-corrected chi connectivity index (χ1v) is 5.59. The van der Waals surface area contributed by atoms with E-state index >= 15 is 0 Å². The van der Waals surface area contributed by atoms with E-state index in [4.69, 9.17) is 16.9 Å². The number of aromatic nitrogens is 2. The SMILES string of the molecule is N#Cc1ccc(NCCc2ncc[nH]2)cc1Cl. The molecule has 0 aliphatic heterocycles. The Balaban J connectivity index is 1.91. The molecule has 2 rings (SSSR count). The van der Waals surface area contributed by atoms with Gasteiger partial charge in [-0.2, -0.15) is 5.26 Å². The molecule has 1 heterocycles. The Morgan fingerprint density at radius 2 is 2.35 bits per heavy atom. The molecule has 17 heavy (non-hydrogen) atoms. The van der Waals surface area contributed by atoms with E-state index in [1.54, 1.807) is 24.5 Å². The number of anilines is 1. The Hall–Kier alpha value is -1.99. The maximum absolute atomic E-state index is 8.74.